The van der Waals surface area contributed by atoms with Crippen LogP contribution in [0.25, 0.3) is 11.1 Å². The Kier molecular flexibility index (Phi) is 7.84. The van der Waals surface area contributed by atoms with Crippen molar-refractivity contribution >= 4 is 11.8 Å². The van der Waals surface area contributed by atoms with Gasteiger partial charge >= 0.3 is 0 Å². The van der Waals surface area contributed by atoms with Crippen LogP contribution < -0.4 is 4.74 Å². The second kappa shape index (κ2) is 11.2. The summed E-state index contributed by atoms with van der Waals surface area (Å²) >= 11 is 0. The number of hydrogen-bond donors (Lipinski definition) is 1. The SMILES string of the molecule is C[C@@H]1CN([C@@H](C)CO)C(=O)c2cc(-c3cncnc3)cnc2O[C@H]1CN(C)C(=O)Cc1cccnc1. The molecule has 0 bridgehead atoms. The Labute approximate surface area is 210 Å². The molecule has 0 fully saturated rings. The Morgan fingerprint density at radius 2 is 2.00 bits per heavy atom. The molecule has 3 aromatic heterocycles. The van der Waals surface area contributed by atoms with Crippen LogP contribution >= 0.6 is 0 Å². The second-order valence-electron chi connectivity index (χ2n) is 9.14. The number of hydrogen-bond acceptors (Lipinski definition) is 8. The minimum absolute atomic E-state index is 0.0647. The summed E-state index contributed by atoms with van der Waals surface area (Å²) in [5.74, 6) is -0.275. The quantitative estimate of drug-likeness (QED) is 0.533. The monoisotopic (exact) mass is 490 g/mol. The molecule has 0 radical (unpaired) electrons. The Morgan fingerprint density at radius 3 is 2.69 bits per heavy atom. The lowest BCUT2D eigenvalue weighted by Gasteiger charge is -2.37. The number of carbonyl (C=O) groups excluding carboxylic acids is 2. The summed E-state index contributed by atoms with van der Waals surface area (Å²) in [6.45, 7) is 4.25. The first kappa shape index (κ1) is 25.2. The fraction of sp³-hybridized carbons (Fsp3) is 0.385. The summed E-state index contributed by atoms with van der Waals surface area (Å²) < 4.78 is 6.28. The van der Waals surface area contributed by atoms with E-state index in [2.05, 4.69) is 19.9 Å². The first-order chi connectivity index (χ1) is 17.4. The molecule has 3 aromatic rings. The maximum Gasteiger partial charge on any atom is 0.259 e. The van der Waals surface area contributed by atoms with Gasteiger partial charge < -0.3 is 19.6 Å². The molecule has 1 aliphatic rings. The molecule has 1 N–H and O–H groups in total. The average Bonchev–Trinajstić information content (AvgIpc) is 2.91. The van der Waals surface area contributed by atoms with Gasteiger partial charge in [-0.3, -0.25) is 14.6 Å². The number of carbonyl (C=O) groups is 2. The van der Waals surface area contributed by atoms with Crippen molar-refractivity contribution in [1.29, 1.82) is 0 Å². The summed E-state index contributed by atoms with van der Waals surface area (Å²) in [5.41, 5.74) is 2.52. The van der Waals surface area contributed by atoms with Crippen molar-refractivity contribution in [1.82, 2.24) is 29.7 Å². The number of aliphatic hydroxyl groups excluding tert-OH is 1. The van der Waals surface area contributed by atoms with Gasteiger partial charge in [-0.25, -0.2) is 15.0 Å². The van der Waals surface area contributed by atoms with E-state index in [0.717, 1.165) is 11.1 Å². The zero-order valence-electron chi connectivity index (χ0n) is 20.6. The van der Waals surface area contributed by atoms with Crippen LogP contribution in [0.15, 0.2) is 55.5 Å². The summed E-state index contributed by atoms with van der Waals surface area (Å²) in [4.78, 5) is 46.3. The van der Waals surface area contributed by atoms with E-state index >= 15 is 0 Å². The number of pyridine rings is 2. The van der Waals surface area contributed by atoms with Crippen LogP contribution in [0.1, 0.15) is 29.8 Å². The molecule has 0 saturated carbocycles. The van der Waals surface area contributed by atoms with Crippen LogP contribution in [0.5, 0.6) is 5.88 Å². The third kappa shape index (κ3) is 5.65. The van der Waals surface area contributed by atoms with E-state index < -0.39 is 12.1 Å². The maximum atomic E-state index is 13.6. The van der Waals surface area contributed by atoms with Crippen molar-refractivity contribution < 1.29 is 19.4 Å². The van der Waals surface area contributed by atoms with E-state index in [4.69, 9.17) is 4.74 Å². The van der Waals surface area contributed by atoms with Gasteiger partial charge in [0, 0.05) is 61.6 Å². The minimum Gasteiger partial charge on any atom is -0.472 e. The van der Waals surface area contributed by atoms with Crippen LogP contribution in [-0.4, -0.2) is 85.5 Å². The minimum atomic E-state index is -0.425. The first-order valence-electron chi connectivity index (χ1n) is 11.8. The highest BCUT2D eigenvalue weighted by Gasteiger charge is 2.34. The van der Waals surface area contributed by atoms with Crippen LogP contribution in [0.2, 0.25) is 0 Å². The van der Waals surface area contributed by atoms with Gasteiger partial charge in [0.05, 0.1) is 25.6 Å². The molecule has 188 valence electrons. The lowest BCUT2D eigenvalue weighted by Crippen LogP contribution is -2.50. The van der Waals surface area contributed by atoms with E-state index in [1.807, 2.05) is 13.0 Å². The lowest BCUT2D eigenvalue weighted by molar-refractivity contribution is -0.130. The summed E-state index contributed by atoms with van der Waals surface area (Å²) in [6, 6.07) is 4.98. The molecule has 4 rings (SSSR count). The van der Waals surface area contributed by atoms with Crippen LogP contribution in [-0.2, 0) is 11.2 Å². The second-order valence-corrected chi connectivity index (χ2v) is 9.14. The van der Waals surface area contributed by atoms with Crippen LogP contribution in [0.4, 0.5) is 0 Å². The number of amides is 2. The normalized spacial score (nSPS) is 18.4. The van der Waals surface area contributed by atoms with E-state index in [1.165, 1.54) is 6.33 Å². The lowest BCUT2D eigenvalue weighted by atomic mass is 9.99. The smallest absolute Gasteiger partial charge is 0.259 e. The van der Waals surface area contributed by atoms with E-state index in [0.29, 0.717) is 18.7 Å². The first-order valence-corrected chi connectivity index (χ1v) is 11.8. The number of aliphatic hydroxyl groups is 1. The molecular formula is C26H30N6O4. The van der Waals surface area contributed by atoms with Gasteiger partial charge in [-0.15, -0.1) is 0 Å². The topological polar surface area (TPSA) is 122 Å². The predicted molar refractivity (Wildman–Crippen MR) is 132 cm³/mol. The van der Waals surface area contributed by atoms with Gasteiger partial charge in [-0.1, -0.05) is 13.0 Å². The highest BCUT2D eigenvalue weighted by molar-refractivity contribution is 5.98. The van der Waals surface area contributed by atoms with Gasteiger partial charge in [0.1, 0.15) is 18.0 Å². The fourth-order valence-electron chi connectivity index (χ4n) is 4.11. The van der Waals surface area contributed by atoms with Crippen LogP contribution in [0.3, 0.4) is 0 Å². The third-order valence-electron chi connectivity index (χ3n) is 6.37. The average molecular weight is 491 g/mol. The molecule has 1 aliphatic heterocycles. The van der Waals surface area contributed by atoms with Gasteiger partial charge in [-0.2, -0.15) is 0 Å². The fourth-order valence-corrected chi connectivity index (χ4v) is 4.11. The number of rotatable bonds is 7. The Bertz CT molecular complexity index is 1190. The van der Waals surface area contributed by atoms with Crippen molar-refractivity contribution in [2.75, 3.05) is 26.7 Å². The number of nitrogens with zero attached hydrogens (tertiary/aromatic N) is 6. The molecule has 3 atom stereocenters. The molecule has 4 heterocycles. The van der Waals surface area contributed by atoms with Gasteiger partial charge in [0.25, 0.3) is 5.91 Å². The van der Waals surface area contributed by atoms with Crippen molar-refractivity contribution in [2.24, 2.45) is 5.92 Å². The number of fused-ring (bicyclic) bond motifs is 1. The van der Waals surface area contributed by atoms with Crippen molar-refractivity contribution in [2.45, 2.75) is 32.4 Å². The highest BCUT2D eigenvalue weighted by Crippen LogP contribution is 2.30. The molecule has 10 heteroatoms. The van der Waals surface area contributed by atoms with Gasteiger partial charge in [0.2, 0.25) is 11.8 Å². The molecule has 36 heavy (non-hydrogen) atoms. The van der Waals surface area contributed by atoms with Crippen LogP contribution in [0, 0.1) is 5.92 Å². The third-order valence-corrected chi connectivity index (χ3v) is 6.37. The molecule has 2 amide bonds. The summed E-state index contributed by atoms with van der Waals surface area (Å²) in [6.07, 6.45) is 9.49. The summed E-state index contributed by atoms with van der Waals surface area (Å²) in [5, 5.41) is 9.84. The Balaban J connectivity index is 1.62. The molecule has 0 aromatic carbocycles. The molecule has 0 aliphatic carbocycles. The molecular weight excluding hydrogens is 460 g/mol. The highest BCUT2D eigenvalue weighted by atomic mass is 16.5. The van der Waals surface area contributed by atoms with Crippen molar-refractivity contribution in [3.8, 4) is 17.0 Å². The zero-order chi connectivity index (χ0) is 25.7. The molecule has 0 saturated heterocycles. The Hall–Kier alpha value is -3.92. The summed E-state index contributed by atoms with van der Waals surface area (Å²) in [7, 11) is 1.74. The van der Waals surface area contributed by atoms with Crippen molar-refractivity contribution in [3.05, 3.63) is 66.6 Å². The Morgan fingerprint density at radius 1 is 1.22 bits per heavy atom. The molecule has 10 nitrogen and oxygen atoms in total. The molecule has 0 spiro atoms. The largest absolute Gasteiger partial charge is 0.472 e. The maximum absolute atomic E-state index is 13.6. The van der Waals surface area contributed by atoms with Gasteiger partial charge in [-0.05, 0) is 24.6 Å². The van der Waals surface area contributed by atoms with E-state index in [-0.39, 0.29) is 42.2 Å². The molecule has 0 unspecified atom stereocenters. The predicted octanol–water partition coefficient (Wildman–Crippen LogP) is 1.85. The number of ether oxygens (including phenoxy) is 1. The number of likely N-dealkylation sites (N-methyl/N-ethyl adjacent to an activating group) is 1. The standard InChI is InChI=1S/C26H30N6O4/c1-17-13-32(18(2)15-33)26(35)22-8-20(21-10-28-16-29-11-21)12-30-25(22)36-23(17)14-31(3)24(34)7-19-5-4-6-27-9-19/h4-6,8-12,16-18,23,33H,7,13-15H2,1-3H3/t17-,18+,23+/m1/s1. The zero-order valence-corrected chi connectivity index (χ0v) is 20.6. The number of aromatic nitrogens is 4. The van der Waals surface area contributed by atoms with E-state index in [1.54, 1.807) is 66.9 Å². The van der Waals surface area contributed by atoms with E-state index in [9.17, 15) is 14.7 Å². The van der Waals surface area contributed by atoms with Gasteiger partial charge in [0.15, 0.2) is 0 Å². The van der Waals surface area contributed by atoms with Crippen molar-refractivity contribution in [3.63, 3.8) is 0 Å².